The molecule has 0 aliphatic rings. The number of ether oxygens (including phenoxy) is 2. The first-order valence-corrected chi connectivity index (χ1v) is 10.6. The molecule has 0 heterocycles. The van der Waals surface area contributed by atoms with Crippen molar-refractivity contribution >= 4 is 15.0 Å². The van der Waals surface area contributed by atoms with Crippen LogP contribution >= 0.6 is 9.24 Å². The Kier molecular flexibility index (Phi) is 8.27. The summed E-state index contributed by atoms with van der Waals surface area (Å²) in [5.41, 5.74) is 2.52. The number of ketones is 1. The van der Waals surface area contributed by atoms with Gasteiger partial charge in [0.05, 0.1) is 0 Å². The normalized spacial score (nSPS) is 10.5. The number of hydrogen-bond acceptors (Lipinski definition) is 3. The highest BCUT2D eigenvalue weighted by atomic mass is 31.0. The van der Waals surface area contributed by atoms with Gasteiger partial charge in [0.25, 0.3) is 0 Å². The van der Waals surface area contributed by atoms with Gasteiger partial charge in [-0.2, -0.15) is 6.16 Å². The number of benzene rings is 3. The Hall–Kier alpha value is -2.64. The SMILES string of the molecule is O=C(CCCC[PH-])c1c(COc2ccccc2)cccc1COc1ccccc1. The van der Waals surface area contributed by atoms with Crippen LogP contribution in [0.4, 0.5) is 0 Å². The fraction of sp³-hybridized carbons (Fsp3) is 0.240. The lowest BCUT2D eigenvalue weighted by molar-refractivity contribution is 0.0975. The van der Waals surface area contributed by atoms with Crippen LogP contribution < -0.4 is 9.47 Å². The number of para-hydroxylation sites is 2. The third-order valence-corrected chi connectivity index (χ3v) is 4.98. The fourth-order valence-electron chi connectivity index (χ4n) is 3.14. The number of rotatable bonds is 11. The molecule has 0 aliphatic carbocycles. The first kappa shape index (κ1) is 21.1. The van der Waals surface area contributed by atoms with Gasteiger partial charge in [0, 0.05) is 23.1 Å². The number of carbonyl (C=O) groups excluding carboxylic acids is 1. The third-order valence-electron chi connectivity index (χ3n) is 4.62. The van der Waals surface area contributed by atoms with Crippen molar-refractivity contribution in [3.8, 4) is 11.5 Å². The zero-order valence-corrected chi connectivity index (χ0v) is 17.5. The molecule has 0 saturated carbocycles. The molecule has 0 radical (unpaired) electrons. The van der Waals surface area contributed by atoms with Crippen molar-refractivity contribution in [3.63, 3.8) is 0 Å². The minimum absolute atomic E-state index is 0.143. The maximum Gasteiger partial charge on any atom is 0.163 e. The average molecular weight is 405 g/mol. The molecule has 0 fully saturated rings. The molecule has 0 aliphatic heterocycles. The molecule has 0 aromatic heterocycles. The molecule has 0 spiro atoms. The number of unbranched alkanes of at least 4 members (excludes halogenated alkanes) is 1. The molecule has 3 rings (SSSR count). The van der Waals surface area contributed by atoms with Crippen molar-refractivity contribution in [1.82, 2.24) is 0 Å². The van der Waals surface area contributed by atoms with E-state index in [2.05, 4.69) is 9.24 Å². The number of hydrogen-bond donors (Lipinski definition) is 0. The molecule has 29 heavy (non-hydrogen) atoms. The van der Waals surface area contributed by atoms with Crippen LogP contribution in [0.3, 0.4) is 0 Å². The summed E-state index contributed by atoms with van der Waals surface area (Å²) in [4.78, 5) is 13.1. The van der Waals surface area contributed by atoms with Crippen LogP contribution in [0.15, 0.2) is 78.9 Å². The summed E-state index contributed by atoms with van der Waals surface area (Å²) in [5.74, 6) is 1.72. The topological polar surface area (TPSA) is 35.5 Å². The Bertz CT molecular complexity index is 833. The van der Waals surface area contributed by atoms with E-state index in [0.29, 0.717) is 19.6 Å². The van der Waals surface area contributed by atoms with E-state index in [4.69, 9.17) is 9.47 Å². The molecule has 0 N–H and O–H groups in total. The summed E-state index contributed by atoms with van der Waals surface area (Å²) >= 11 is 0. The molecule has 0 atom stereocenters. The highest BCUT2D eigenvalue weighted by Crippen LogP contribution is 2.23. The van der Waals surface area contributed by atoms with E-state index in [-0.39, 0.29) is 5.78 Å². The third kappa shape index (κ3) is 6.44. The van der Waals surface area contributed by atoms with Gasteiger partial charge in [-0.15, -0.1) is 0 Å². The second-order valence-corrected chi connectivity index (χ2v) is 7.28. The predicted molar refractivity (Wildman–Crippen MR) is 119 cm³/mol. The Morgan fingerprint density at radius 2 is 1.21 bits per heavy atom. The molecule has 150 valence electrons. The first-order chi connectivity index (χ1) is 14.3. The van der Waals surface area contributed by atoms with Crippen LogP contribution in [0.5, 0.6) is 11.5 Å². The van der Waals surface area contributed by atoms with Gasteiger partial charge in [-0.05, 0) is 30.7 Å². The second-order valence-electron chi connectivity index (χ2n) is 6.78. The van der Waals surface area contributed by atoms with E-state index >= 15 is 0 Å². The van der Waals surface area contributed by atoms with Gasteiger partial charge in [-0.3, -0.25) is 4.79 Å². The van der Waals surface area contributed by atoms with Crippen molar-refractivity contribution in [1.29, 1.82) is 0 Å². The Morgan fingerprint density at radius 1 is 0.690 bits per heavy atom. The molecule has 3 aromatic rings. The number of carbonyl (C=O) groups is 1. The van der Waals surface area contributed by atoms with Crippen molar-refractivity contribution in [3.05, 3.63) is 95.6 Å². The summed E-state index contributed by atoms with van der Waals surface area (Å²) in [6.45, 7) is 0.699. The molecular formula is C25H26O3P-. The van der Waals surface area contributed by atoms with Crippen LogP contribution in [0.1, 0.15) is 40.7 Å². The van der Waals surface area contributed by atoms with Crippen molar-refractivity contribution in [2.75, 3.05) is 6.16 Å². The van der Waals surface area contributed by atoms with Gasteiger partial charge in [0.1, 0.15) is 24.7 Å². The summed E-state index contributed by atoms with van der Waals surface area (Å²) in [6.07, 6.45) is 3.25. The monoisotopic (exact) mass is 405 g/mol. The lowest BCUT2D eigenvalue weighted by Gasteiger charge is -2.16. The summed E-state index contributed by atoms with van der Waals surface area (Å²) in [6, 6.07) is 25.2. The van der Waals surface area contributed by atoms with Gasteiger partial charge >= 0.3 is 0 Å². The smallest absolute Gasteiger partial charge is 0.163 e. The van der Waals surface area contributed by atoms with E-state index in [9.17, 15) is 4.79 Å². The minimum Gasteiger partial charge on any atom is -0.558 e. The van der Waals surface area contributed by atoms with Gasteiger partial charge in [-0.1, -0.05) is 61.0 Å². The molecule has 0 unspecified atom stereocenters. The Balaban J connectivity index is 1.80. The van der Waals surface area contributed by atoms with E-state index in [1.165, 1.54) is 0 Å². The van der Waals surface area contributed by atoms with Gasteiger partial charge in [0.2, 0.25) is 0 Å². The maximum absolute atomic E-state index is 13.1. The van der Waals surface area contributed by atoms with Crippen LogP contribution in [0, 0.1) is 0 Å². The van der Waals surface area contributed by atoms with Crippen molar-refractivity contribution in [2.45, 2.75) is 32.5 Å². The zero-order chi connectivity index (χ0) is 20.3. The quantitative estimate of drug-likeness (QED) is 0.212. The summed E-state index contributed by atoms with van der Waals surface area (Å²) in [7, 11) is 3.48. The molecule has 0 saturated heterocycles. The van der Waals surface area contributed by atoms with Gasteiger partial charge in [-0.25, -0.2) is 0 Å². The lowest BCUT2D eigenvalue weighted by Crippen LogP contribution is -2.12. The standard InChI is InChI=1S/C25H26O3P/c26-24(16-7-8-17-29)25-20(18-27-22-12-3-1-4-13-22)10-9-11-21(25)19-28-23-14-5-2-6-15-23/h1-6,9-15,29H,7-8,16-19H2/q-1. The predicted octanol–water partition coefficient (Wildman–Crippen LogP) is 6.34. The molecular weight excluding hydrogens is 379 g/mol. The van der Waals surface area contributed by atoms with E-state index in [0.717, 1.165) is 47.2 Å². The van der Waals surface area contributed by atoms with Crippen molar-refractivity contribution in [2.24, 2.45) is 0 Å². The molecule has 3 aromatic carbocycles. The highest BCUT2D eigenvalue weighted by molar-refractivity contribution is 7.16. The lowest BCUT2D eigenvalue weighted by atomic mass is 9.95. The highest BCUT2D eigenvalue weighted by Gasteiger charge is 2.17. The molecule has 3 nitrogen and oxygen atoms in total. The second kappa shape index (κ2) is 11.4. The zero-order valence-electron chi connectivity index (χ0n) is 16.5. The molecule has 0 amide bonds. The van der Waals surface area contributed by atoms with Crippen LogP contribution in [-0.4, -0.2) is 11.9 Å². The maximum atomic E-state index is 13.1. The Labute approximate surface area is 175 Å². The largest absolute Gasteiger partial charge is 0.558 e. The van der Waals surface area contributed by atoms with E-state index in [1.54, 1.807) is 0 Å². The van der Waals surface area contributed by atoms with Crippen molar-refractivity contribution < 1.29 is 14.3 Å². The number of Topliss-reactive ketones (excluding diaryl/α,β-unsaturated/α-hetero) is 1. The van der Waals surface area contributed by atoms with Gasteiger partial charge in [0.15, 0.2) is 5.78 Å². The van der Waals surface area contributed by atoms with Crippen LogP contribution in [-0.2, 0) is 13.2 Å². The molecule has 0 bridgehead atoms. The van der Waals surface area contributed by atoms with Crippen LogP contribution in [0.25, 0.3) is 0 Å². The van der Waals surface area contributed by atoms with Gasteiger partial charge < -0.3 is 18.7 Å². The fourth-order valence-corrected chi connectivity index (χ4v) is 3.39. The van der Waals surface area contributed by atoms with E-state index < -0.39 is 0 Å². The van der Waals surface area contributed by atoms with E-state index in [1.807, 2.05) is 78.9 Å². The molecule has 4 heteroatoms. The van der Waals surface area contributed by atoms with Crippen LogP contribution in [0.2, 0.25) is 0 Å². The Morgan fingerprint density at radius 3 is 1.69 bits per heavy atom. The summed E-state index contributed by atoms with van der Waals surface area (Å²) < 4.78 is 11.9. The summed E-state index contributed by atoms with van der Waals surface area (Å²) in [5, 5.41) is 0. The first-order valence-electron chi connectivity index (χ1n) is 9.92. The average Bonchev–Trinajstić information content (AvgIpc) is 2.77. The minimum atomic E-state index is 0.143.